The molecule has 1 saturated carbocycles. The van der Waals surface area contributed by atoms with Gasteiger partial charge in [0.15, 0.2) is 14.8 Å². The Morgan fingerprint density at radius 1 is 1.20 bits per heavy atom. The van der Waals surface area contributed by atoms with Crippen LogP contribution in [0.5, 0.6) is 17.4 Å². The minimum Gasteiger partial charge on any atom is -0.470 e. The lowest BCUT2D eigenvalue weighted by Gasteiger charge is -2.46. The van der Waals surface area contributed by atoms with Crippen LogP contribution in [-0.4, -0.2) is 51.5 Å². The van der Waals surface area contributed by atoms with E-state index in [9.17, 15) is 26.6 Å². The number of hydrogen-bond acceptors (Lipinski definition) is 6. The Morgan fingerprint density at radius 3 is 2.30 bits per heavy atom. The molecule has 40 heavy (non-hydrogen) atoms. The van der Waals surface area contributed by atoms with E-state index < -0.39 is 70.6 Å². The molecule has 1 atom stereocenters. The fourth-order valence-corrected chi connectivity index (χ4v) is 10.4. The van der Waals surface area contributed by atoms with E-state index in [1.165, 1.54) is 0 Å². The van der Waals surface area contributed by atoms with Crippen LogP contribution in [0.2, 0.25) is 28.2 Å². The molecule has 1 amide bonds. The van der Waals surface area contributed by atoms with Crippen molar-refractivity contribution in [2.75, 3.05) is 6.61 Å². The maximum atomic E-state index is 15.3. The van der Waals surface area contributed by atoms with Gasteiger partial charge in [-0.2, -0.15) is 8.78 Å². The summed E-state index contributed by atoms with van der Waals surface area (Å²) in [5.41, 5.74) is -0.484. The first-order valence-electron chi connectivity index (χ1n) is 11.9. The Morgan fingerprint density at radius 2 is 1.80 bits per heavy atom. The quantitative estimate of drug-likeness (QED) is 0.207. The molecule has 1 N–H and O–H groups in total. The van der Waals surface area contributed by atoms with Crippen LogP contribution < -0.4 is 9.47 Å². The second-order valence-electron chi connectivity index (χ2n) is 10.8. The predicted octanol–water partition coefficient (Wildman–Crippen LogP) is 8.17. The van der Waals surface area contributed by atoms with Crippen molar-refractivity contribution in [2.24, 2.45) is 0 Å². The van der Waals surface area contributed by atoms with E-state index in [2.05, 4.69) is 9.72 Å². The molecule has 0 bridgehead atoms. The molecule has 16 heteroatoms. The summed E-state index contributed by atoms with van der Waals surface area (Å²) in [6.45, 7) is 7.57. The van der Waals surface area contributed by atoms with Crippen molar-refractivity contribution in [2.45, 2.75) is 69.3 Å². The number of rotatable bonds is 10. The lowest BCUT2D eigenvalue weighted by atomic mass is 10.2. The summed E-state index contributed by atoms with van der Waals surface area (Å²) in [4.78, 5) is 17.4. The number of aromatic nitrogens is 1. The Hall–Kier alpha value is -2.16. The van der Waals surface area contributed by atoms with Crippen LogP contribution in [-0.2, 0) is 9.92 Å². The third-order valence-electron chi connectivity index (χ3n) is 6.76. The number of alkyl halides is 4. The topological polar surface area (TPSA) is 92.6 Å². The number of ether oxygens (including phenoxy) is 2. The van der Waals surface area contributed by atoms with Crippen molar-refractivity contribution < 1.29 is 40.4 Å². The molecule has 0 saturated heterocycles. The van der Waals surface area contributed by atoms with Crippen LogP contribution in [0.15, 0.2) is 24.4 Å². The number of carbonyl (C=O) groups excluding carboxylic acids is 1. The zero-order valence-electron chi connectivity index (χ0n) is 22.2. The van der Waals surface area contributed by atoms with Gasteiger partial charge in [-0.25, -0.2) is 27.1 Å². The van der Waals surface area contributed by atoms with Crippen molar-refractivity contribution in [1.29, 1.82) is 4.78 Å². The minimum atomic E-state index is -4.42. The van der Waals surface area contributed by atoms with Gasteiger partial charge >= 0.3 is 12.3 Å². The van der Waals surface area contributed by atoms with Gasteiger partial charge in [0.1, 0.15) is 32.3 Å². The zero-order valence-corrected chi connectivity index (χ0v) is 25.5. The van der Waals surface area contributed by atoms with Gasteiger partial charge in [0.25, 0.3) is 5.91 Å². The van der Waals surface area contributed by atoms with Crippen molar-refractivity contribution >= 4 is 47.3 Å². The van der Waals surface area contributed by atoms with E-state index in [1.807, 2.05) is 20.8 Å². The molecular formula is C24H28Cl2F5N3O4SSi. The van der Waals surface area contributed by atoms with Crippen molar-refractivity contribution in [3.63, 3.8) is 0 Å². The van der Waals surface area contributed by atoms with Gasteiger partial charge in [0.05, 0.1) is 22.0 Å². The molecule has 2 aromatic rings. The molecule has 1 heterocycles. The second kappa shape index (κ2) is 11.3. The Kier molecular flexibility index (Phi) is 9.10. The molecule has 7 nitrogen and oxygen atoms in total. The molecule has 0 aliphatic heterocycles. The molecule has 1 aromatic carbocycles. The largest absolute Gasteiger partial charge is 0.470 e. The molecule has 3 rings (SSSR count). The normalized spacial score (nSPS) is 16.0. The van der Waals surface area contributed by atoms with Crippen molar-refractivity contribution in [3.05, 3.63) is 45.8 Å². The summed E-state index contributed by atoms with van der Waals surface area (Å²) in [5, 5.41) is -1.56. The van der Waals surface area contributed by atoms with E-state index in [4.69, 9.17) is 32.7 Å². The fourth-order valence-electron chi connectivity index (χ4n) is 3.36. The Bertz CT molecular complexity index is 1400. The van der Waals surface area contributed by atoms with Gasteiger partial charge in [0.2, 0.25) is 5.88 Å². The molecular weight excluding hydrogens is 620 g/mol. The third-order valence-corrected chi connectivity index (χ3v) is 16.5. The highest BCUT2D eigenvalue weighted by Gasteiger charge is 2.52. The summed E-state index contributed by atoms with van der Waals surface area (Å²) in [7, 11) is -6.48. The van der Waals surface area contributed by atoms with Crippen LogP contribution in [0.1, 0.15) is 44.0 Å². The lowest BCUT2D eigenvalue weighted by Crippen LogP contribution is -2.60. The average Bonchev–Trinajstić information content (AvgIpc) is 3.66. The molecule has 1 aliphatic rings. The number of nitrogens with zero attached hydrogens (tertiary/aromatic N) is 2. The first-order valence-corrected chi connectivity index (χ1v) is 17.2. The van der Waals surface area contributed by atoms with E-state index in [0.717, 1.165) is 28.4 Å². The molecule has 1 fully saturated rings. The van der Waals surface area contributed by atoms with Crippen LogP contribution in [0.3, 0.4) is 0 Å². The van der Waals surface area contributed by atoms with E-state index in [1.54, 1.807) is 13.1 Å². The average molecular weight is 649 g/mol. The highest BCUT2D eigenvalue weighted by atomic mass is 35.5. The zero-order chi connectivity index (χ0) is 30.4. The van der Waals surface area contributed by atoms with Gasteiger partial charge in [0, 0.05) is 12.1 Å². The third kappa shape index (κ3) is 6.66. The number of hydrogen-bond donors (Lipinski definition) is 1. The van der Waals surface area contributed by atoms with E-state index in [-0.39, 0.29) is 21.5 Å². The number of carbonyl (C=O) groups is 1. The predicted molar refractivity (Wildman–Crippen MR) is 144 cm³/mol. The summed E-state index contributed by atoms with van der Waals surface area (Å²) in [5.74, 6) is -7.34. The van der Waals surface area contributed by atoms with Crippen molar-refractivity contribution in [3.8, 4) is 17.4 Å². The SMILES string of the molecule is CC(C)(C)[Si](C)(C)N(C(=O)c1cc(Cl)c(Oc2cnc(OCC(F)(F)C(F)F)c(Cl)c2)cc1F)S(=N)(=O)C1CC1. The Labute approximate surface area is 240 Å². The van der Waals surface area contributed by atoms with Gasteiger partial charge in [-0.05, 0) is 23.9 Å². The van der Waals surface area contributed by atoms with Crippen molar-refractivity contribution in [1.82, 2.24) is 8.95 Å². The summed E-state index contributed by atoms with van der Waals surface area (Å²) in [6, 6.07) is 2.89. The fraction of sp³-hybridized carbons (Fsp3) is 0.500. The maximum absolute atomic E-state index is 15.3. The molecule has 1 aliphatic carbocycles. The molecule has 1 unspecified atom stereocenters. The smallest absolute Gasteiger partial charge is 0.340 e. The van der Waals surface area contributed by atoms with Gasteiger partial charge in [-0.1, -0.05) is 57.1 Å². The molecule has 222 valence electrons. The number of nitrogens with one attached hydrogen (secondary N) is 1. The molecule has 0 radical (unpaired) electrons. The lowest BCUT2D eigenvalue weighted by molar-refractivity contribution is -0.148. The number of benzene rings is 1. The summed E-state index contributed by atoms with van der Waals surface area (Å²) < 4.78 is 99.6. The van der Waals surface area contributed by atoms with E-state index >= 15 is 4.39 Å². The highest BCUT2D eigenvalue weighted by Crippen LogP contribution is 2.45. The van der Waals surface area contributed by atoms with Crippen LogP contribution >= 0.6 is 23.2 Å². The van der Waals surface area contributed by atoms with Gasteiger partial charge in [-0.3, -0.25) is 8.77 Å². The molecule has 0 spiro atoms. The van der Waals surface area contributed by atoms with Crippen LogP contribution in [0.25, 0.3) is 0 Å². The number of halogens is 7. The van der Waals surface area contributed by atoms with Gasteiger partial charge < -0.3 is 9.47 Å². The standard InChI is InChI=1S/C24H28Cl2F5N3O4SSi/c1-23(2,3)40(4,5)34(39(32,36)14-6-7-14)21(35)15-9-16(25)19(10-18(15)27)38-13-8-17(26)20(33-11-13)37-12-24(30,31)22(28)29/h8-11,14,22,32H,6-7,12H2,1-5H3. The minimum absolute atomic E-state index is 0.135. The number of pyridine rings is 1. The summed E-state index contributed by atoms with van der Waals surface area (Å²) in [6.07, 6.45) is -1.92. The number of amides is 1. The highest BCUT2D eigenvalue weighted by molar-refractivity contribution is 7.93. The first kappa shape index (κ1) is 32.4. The van der Waals surface area contributed by atoms with Gasteiger partial charge in [-0.15, -0.1) is 0 Å². The maximum Gasteiger partial charge on any atom is 0.340 e. The summed E-state index contributed by atoms with van der Waals surface area (Å²) >= 11 is 12.2. The Balaban J connectivity index is 1.89. The first-order chi connectivity index (χ1) is 18.2. The second-order valence-corrected chi connectivity index (χ2v) is 19.2. The monoisotopic (exact) mass is 647 g/mol. The van der Waals surface area contributed by atoms with Crippen LogP contribution in [0, 0.1) is 10.6 Å². The molecule has 1 aromatic heterocycles. The van der Waals surface area contributed by atoms with E-state index in [0.29, 0.717) is 12.8 Å². The van der Waals surface area contributed by atoms with Crippen LogP contribution in [0.4, 0.5) is 22.0 Å².